The first-order valence-electron chi connectivity index (χ1n) is 9.59. The van der Waals surface area contributed by atoms with Crippen LogP contribution in [-0.4, -0.2) is 41.6 Å². The summed E-state index contributed by atoms with van der Waals surface area (Å²) in [6.07, 6.45) is 3.91. The molecule has 0 aliphatic carbocycles. The van der Waals surface area contributed by atoms with Gasteiger partial charge in [-0.05, 0) is 51.3 Å². The lowest BCUT2D eigenvalue weighted by Crippen LogP contribution is -2.44. The molecule has 0 bridgehead atoms. The zero-order chi connectivity index (χ0) is 18.5. The fourth-order valence-electron chi connectivity index (χ4n) is 3.42. The molecule has 1 saturated heterocycles. The summed E-state index contributed by atoms with van der Waals surface area (Å²) in [6, 6.07) is 5.70. The topological polar surface area (TPSA) is 67.4 Å². The summed E-state index contributed by atoms with van der Waals surface area (Å²) in [4.78, 5) is 24.0. The molecule has 1 atom stereocenters. The number of fused-ring (bicyclic) bond motifs is 1. The third-order valence-electron chi connectivity index (χ3n) is 4.80. The molecule has 0 radical (unpaired) electrons. The van der Waals surface area contributed by atoms with Crippen molar-refractivity contribution >= 4 is 22.8 Å². The van der Waals surface area contributed by atoms with Crippen LogP contribution in [0.1, 0.15) is 45.2 Å². The number of aromatic nitrogens is 2. The number of ether oxygens (including phenoxy) is 1. The van der Waals surface area contributed by atoms with Gasteiger partial charge in [-0.2, -0.15) is 0 Å². The Morgan fingerprint density at radius 3 is 2.96 bits per heavy atom. The van der Waals surface area contributed by atoms with Gasteiger partial charge in [0, 0.05) is 18.5 Å². The zero-order valence-corrected chi connectivity index (χ0v) is 15.9. The second-order valence-electron chi connectivity index (χ2n) is 6.72. The zero-order valence-electron chi connectivity index (χ0n) is 15.9. The first kappa shape index (κ1) is 18.4. The summed E-state index contributed by atoms with van der Waals surface area (Å²) in [6.45, 7) is 8.25. The van der Waals surface area contributed by atoms with Crippen molar-refractivity contribution in [3.05, 3.63) is 23.9 Å². The van der Waals surface area contributed by atoms with E-state index in [1.54, 1.807) is 0 Å². The molecular weight excluding hydrogens is 328 g/mol. The molecule has 6 heteroatoms. The van der Waals surface area contributed by atoms with Gasteiger partial charge >= 0.3 is 0 Å². The Kier molecular flexibility index (Phi) is 5.91. The fraction of sp³-hybridized carbons (Fsp3) is 0.550. The lowest BCUT2D eigenvalue weighted by molar-refractivity contribution is -0.122. The van der Waals surface area contributed by atoms with Gasteiger partial charge in [-0.15, -0.1) is 0 Å². The predicted molar refractivity (Wildman–Crippen MR) is 104 cm³/mol. The van der Waals surface area contributed by atoms with Crippen LogP contribution < -0.4 is 15.0 Å². The van der Waals surface area contributed by atoms with E-state index in [0.717, 1.165) is 61.1 Å². The molecule has 1 aliphatic rings. The van der Waals surface area contributed by atoms with E-state index in [-0.39, 0.29) is 11.9 Å². The Morgan fingerprint density at radius 1 is 1.35 bits per heavy atom. The first-order chi connectivity index (χ1) is 12.6. The Bertz CT molecular complexity index is 778. The summed E-state index contributed by atoms with van der Waals surface area (Å²) in [5, 5.41) is 4.03. The Morgan fingerprint density at radius 2 is 2.19 bits per heavy atom. The minimum atomic E-state index is -0.175. The van der Waals surface area contributed by atoms with Crippen LogP contribution in [-0.2, 0) is 4.79 Å². The van der Waals surface area contributed by atoms with Gasteiger partial charge < -0.3 is 15.0 Å². The summed E-state index contributed by atoms with van der Waals surface area (Å²) in [7, 11) is 0. The number of carbonyl (C=O) groups is 1. The van der Waals surface area contributed by atoms with Gasteiger partial charge in [-0.25, -0.2) is 9.97 Å². The molecule has 1 amide bonds. The van der Waals surface area contributed by atoms with E-state index >= 15 is 0 Å². The first-order valence-corrected chi connectivity index (χ1v) is 9.59. The highest BCUT2D eigenvalue weighted by Crippen LogP contribution is 2.27. The number of aryl methyl sites for hydroxylation is 1. The van der Waals surface area contributed by atoms with Crippen LogP contribution in [0.4, 0.5) is 5.95 Å². The predicted octanol–water partition coefficient (Wildman–Crippen LogP) is 3.22. The number of hydrogen-bond acceptors (Lipinski definition) is 5. The molecule has 6 nitrogen and oxygen atoms in total. The SMILES string of the molecule is CCCCNC(=O)[C@@H]1CCCN1c1nc(C)c2cc(OCC)ccc2n1. The van der Waals surface area contributed by atoms with Gasteiger partial charge in [0.1, 0.15) is 11.8 Å². The minimum absolute atomic E-state index is 0.0870. The van der Waals surface area contributed by atoms with Gasteiger partial charge in [-0.1, -0.05) is 13.3 Å². The van der Waals surface area contributed by atoms with Crippen LogP contribution >= 0.6 is 0 Å². The van der Waals surface area contributed by atoms with Crippen molar-refractivity contribution in [1.82, 2.24) is 15.3 Å². The highest BCUT2D eigenvalue weighted by Gasteiger charge is 2.32. The largest absolute Gasteiger partial charge is 0.494 e. The molecule has 1 fully saturated rings. The van der Waals surface area contributed by atoms with E-state index < -0.39 is 0 Å². The fourth-order valence-corrected chi connectivity index (χ4v) is 3.42. The maximum Gasteiger partial charge on any atom is 0.242 e. The minimum Gasteiger partial charge on any atom is -0.494 e. The van der Waals surface area contributed by atoms with Crippen molar-refractivity contribution < 1.29 is 9.53 Å². The van der Waals surface area contributed by atoms with E-state index in [1.807, 2.05) is 36.9 Å². The van der Waals surface area contributed by atoms with Crippen molar-refractivity contribution in [2.75, 3.05) is 24.6 Å². The molecule has 2 heterocycles. The van der Waals surface area contributed by atoms with Crippen LogP contribution in [0.25, 0.3) is 10.9 Å². The lowest BCUT2D eigenvalue weighted by Gasteiger charge is -2.24. The van der Waals surface area contributed by atoms with E-state index in [0.29, 0.717) is 12.6 Å². The van der Waals surface area contributed by atoms with Crippen LogP contribution in [0, 0.1) is 6.92 Å². The molecule has 1 aliphatic heterocycles. The molecule has 1 N–H and O–H groups in total. The third kappa shape index (κ3) is 3.89. The highest BCUT2D eigenvalue weighted by molar-refractivity contribution is 5.87. The van der Waals surface area contributed by atoms with E-state index in [9.17, 15) is 4.79 Å². The van der Waals surface area contributed by atoms with Crippen molar-refractivity contribution in [3.63, 3.8) is 0 Å². The lowest BCUT2D eigenvalue weighted by atomic mass is 10.2. The summed E-state index contributed by atoms with van der Waals surface area (Å²) in [5.74, 6) is 1.56. The Labute approximate surface area is 155 Å². The standard InChI is InChI=1S/C20H28N4O2/c1-4-6-11-21-19(25)18-8-7-12-24(18)20-22-14(3)16-13-15(26-5-2)9-10-17(16)23-20/h9-10,13,18H,4-8,11-12H2,1-3H3,(H,21,25)/t18-/m0/s1. The Hall–Kier alpha value is -2.37. The van der Waals surface area contributed by atoms with Gasteiger partial charge in [0.25, 0.3) is 0 Å². The summed E-state index contributed by atoms with van der Waals surface area (Å²) in [5.41, 5.74) is 1.79. The van der Waals surface area contributed by atoms with Gasteiger partial charge in [0.2, 0.25) is 11.9 Å². The number of amides is 1. The van der Waals surface area contributed by atoms with Gasteiger partial charge in [0.05, 0.1) is 17.8 Å². The maximum absolute atomic E-state index is 12.5. The van der Waals surface area contributed by atoms with Crippen molar-refractivity contribution in [1.29, 1.82) is 0 Å². The van der Waals surface area contributed by atoms with Gasteiger partial charge in [0.15, 0.2) is 0 Å². The molecule has 0 saturated carbocycles. The molecule has 0 unspecified atom stereocenters. The summed E-state index contributed by atoms with van der Waals surface area (Å²) >= 11 is 0. The third-order valence-corrected chi connectivity index (χ3v) is 4.80. The molecule has 1 aromatic heterocycles. The van der Waals surface area contributed by atoms with Crippen molar-refractivity contribution in [2.45, 2.75) is 52.5 Å². The highest BCUT2D eigenvalue weighted by atomic mass is 16.5. The monoisotopic (exact) mass is 356 g/mol. The number of anilines is 1. The average Bonchev–Trinajstić information content (AvgIpc) is 3.12. The molecule has 3 rings (SSSR count). The van der Waals surface area contributed by atoms with Crippen LogP contribution in [0.2, 0.25) is 0 Å². The van der Waals surface area contributed by atoms with E-state index in [1.165, 1.54) is 0 Å². The average molecular weight is 356 g/mol. The number of unbranched alkanes of at least 4 members (excludes halogenated alkanes) is 1. The molecule has 26 heavy (non-hydrogen) atoms. The van der Waals surface area contributed by atoms with Crippen LogP contribution in [0.15, 0.2) is 18.2 Å². The molecular formula is C20H28N4O2. The second-order valence-corrected chi connectivity index (χ2v) is 6.72. The Balaban J connectivity index is 1.84. The second kappa shape index (κ2) is 8.34. The normalized spacial score (nSPS) is 16.9. The van der Waals surface area contributed by atoms with E-state index in [2.05, 4.69) is 12.2 Å². The summed E-state index contributed by atoms with van der Waals surface area (Å²) < 4.78 is 5.58. The van der Waals surface area contributed by atoms with E-state index in [4.69, 9.17) is 14.7 Å². The number of benzene rings is 1. The number of rotatable bonds is 7. The van der Waals surface area contributed by atoms with Gasteiger partial charge in [-0.3, -0.25) is 4.79 Å². The molecule has 2 aromatic rings. The molecule has 0 spiro atoms. The molecule has 1 aromatic carbocycles. The van der Waals surface area contributed by atoms with Crippen LogP contribution in [0.5, 0.6) is 5.75 Å². The number of hydrogen-bond donors (Lipinski definition) is 1. The number of carbonyl (C=O) groups excluding carboxylic acids is 1. The number of nitrogens with zero attached hydrogens (tertiary/aromatic N) is 3. The van der Waals surface area contributed by atoms with Crippen molar-refractivity contribution in [2.24, 2.45) is 0 Å². The molecule has 140 valence electrons. The number of nitrogens with one attached hydrogen (secondary N) is 1. The quantitative estimate of drug-likeness (QED) is 0.772. The maximum atomic E-state index is 12.5. The smallest absolute Gasteiger partial charge is 0.242 e. The van der Waals surface area contributed by atoms with Crippen LogP contribution in [0.3, 0.4) is 0 Å². The van der Waals surface area contributed by atoms with Crippen molar-refractivity contribution in [3.8, 4) is 5.75 Å².